The Hall–Kier alpha value is -1.93. The van der Waals surface area contributed by atoms with E-state index in [0.717, 1.165) is 12.1 Å². The van der Waals surface area contributed by atoms with E-state index in [9.17, 15) is 9.18 Å². The van der Waals surface area contributed by atoms with Gasteiger partial charge in [-0.25, -0.2) is 4.39 Å². The monoisotopic (exact) mass is 194 g/mol. The third-order valence-electron chi connectivity index (χ3n) is 1.74. The zero-order chi connectivity index (χ0) is 10.7. The highest BCUT2D eigenvalue weighted by Gasteiger charge is 2.18. The van der Waals surface area contributed by atoms with Crippen LogP contribution in [-0.4, -0.2) is 11.1 Å². The van der Waals surface area contributed by atoms with Gasteiger partial charge in [0.15, 0.2) is 0 Å². The Bertz CT molecular complexity index is 412. The topological polar surface area (TPSA) is 87.1 Å². The molecule has 72 valence electrons. The van der Waals surface area contributed by atoms with Crippen LogP contribution < -0.4 is 5.73 Å². The predicted octanol–water partition coefficient (Wildman–Crippen LogP) is 0.782. The number of benzene rings is 1. The largest absolute Gasteiger partial charge is 0.480 e. The number of nitrogens with two attached hydrogens (primary N) is 1. The standard InChI is InChI=1S/C9H7FN2O2/c10-6-2-1-5(4-11)7(3-6)8(12)9(13)14/h1-3,8H,12H2,(H,13,14)/t8-/m0/s1. The van der Waals surface area contributed by atoms with Gasteiger partial charge in [0, 0.05) is 5.56 Å². The average Bonchev–Trinajstić information content (AvgIpc) is 2.16. The number of rotatable bonds is 2. The summed E-state index contributed by atoms with van der Waals surface area (Å²) >= 11 is 0. The summed E-state index contributed by atoms with van der Waals surface area (Å²) in [5.74, 6) is -1.91. The molecule has 1 aromatic carbocycles. The first-order valence-electron chi connectivity index (χ1n) is 3.74. The van der Waals surface area contributed by atoms with Gasteiger partial charge in [0.05, 0.1) is 11.6 Å². The van der Waals surface area contributed by atoms with Gasteiger partial charge in [0.25, 0.3) is 0 Å². The van der Waals surface area contributed by atoms with E-state index in [-0.39, 0.29) is 11.1 Å². The van der Waals surface area contributed by atoms with Crippen LogP contribution in [0.3, 0.4) is 0 Å². The highest BCUT2D eigenvalue weighted by molar-refractivity contribution is 5.76. The Morgan fingerprint density at radius 2 is 2.29 bits per heavy atom. The van der Waals surface area contributed by atoms with Crippen molar-refractivity contribution >= 4 is 5.97 Å². The van der Waals surface area contributed by atoms with Crippen LogP contribution in [-0.2, 0) is 4.79 Å². The van der Waals surface area contributed by atoms with Crippen LogP contribution in [0.5, 0.6) is 0 Å². The number of carbonyl (C=O) groups is 1. The maximum atomic E-state index is 12.7. The maximum absolute atomic E-state index is 12.7. The van der Waals surface area contributed by atoms with Gasteiger partial charge in [0.1, 0.15) is 11.9 Å². The molecule has 0 amide bonds. The van der Waals surface area contributed by atoms with E-state index < -0.39 is 17.8 Å². The molecule has 4 nitrogen and oxygen atoms in total. The zero-order valence-corrected chi connectivity index (χ0v) is 7.07. The van der Waals surface area contributed by atoms with Crippen molar-refractivity contribution < 1.29 is 14.3 Å². The molecule has 1 rings (SSSR count). The number of aliphatic carboxylic acids is 1. The van der Waals surface area contributed by atoms with Crippen LogP contribution in [0.4, 0.5) is 4.39 Å². The Labute approximate surface area is 79.4 Å². The molecule has 0 aliphatic rings. The summed E-state index contributed by atoms with van der Waals surface area (Å²) in [4.78, 5) is 10.5. The van der Waals surface area contributed by atoms with Crippen LogP contribution in [0.15, 0.2) is 18.2 Å². The van der Waals surface area contributed by atoms with Gasteiger partial charge in [-0.3, -0.25) is 4.79 Å². The number of nitrogens with zero attached hydrogens (tertiary/aromatic N) is 1. The lowest BCUT2D eigenvalue weighted by Crippen LogP contribution is -2.21. The van der Waals surface area contributed by atoms with Crippen molar-refractivity contribution in [2.45, 2.75) is 6.04 Å². The van der Waals surface area contributed by atoms with Crippen molar-refractivity contribution in [3.63, 3.8) is 0 Å². The number of carboxylic acids is 1. The molecule has 0 saturated heterocycles. The van der Waals surface area contributed by atoms with Crippen molar-refractivity contribution in [2.24, 2.45) is 5.73 Å². The molecule has 0 radical (unpaired) electrons. The lowest BCUT2D eigenvalue weighted by molar-refractivity contribution is -0.138. The Balaban J connectivity index is 3.25. The van der Waals surface area contributed by atoms with Crippen LogP contribution >= 0.6 is 0 Å². The minimum atomic E-state index is -1.37. The van der Waals surface area contributed by atoms with Gasteiger partial charge in [0.2, 0.25) is 0 Å². The fourth-order valence-corrected chi connectivity index (χ4v) is 1.03. The van der Waals surface area contributed by atoms with E-state index in [1.165, 1.54) is 6.07 Å². The Morgan fingerprint density at radius 1 is 1.64 bits per heavy atom. The summed E-state index contributed by atoms with van der Waals surface area (Å²) in [7, 11) is 0. The lowest BCUT2D eigenvalue weighted by Gasteiger charge is -2.08. The van der Waals surface area contributed by atoms with Gasteiger partial charge in [-0.2, -0.15) is 5.26 Å². The van der Waals surface area contributed by atoms with Crippen molar-refractivity contribution in [3.05, 3.63) is 35.1 Å². The molecule has 1 aromatic rings. The van der Waals surface area contributed by atoms with Crippen LogP contribution in [0.1, 0.15) is 17.2 Å². The van der Waals surface area contributed by atoms with Gasteiger partial charge in [-0.1, -0.05) is 0 Å². The van der Waals surface area contributed by atoms with E-state index in [1.54, 1.807) is 6.07 Å². The molecule has 0 unspecified atom stereocenters. The van der Waals surface area contributed by atoms with E-state index >= 15 is 0 Å². The molecular formula is C9H7FN2O2. The second-order valence-electron chi connectivity index (χ2n) is 2.66. The van der Waals surface area contributed by atoms with E-state index in [4.69, 9.17) is 16.1 Å². The van der Waals surface area contributed by atoms with Crippen molar-refractivity contribution in [1.82, 2.24) is 0 Å². The van der Waals surface area contributed by atoms with Crippen LogP contribution in [0.25, 0.3) is 0 Å². The average molecular weight is 194 g/mol. The molecule has 0 aliphatic carbocycles. The van der Waals surface area contributed by atoms with Crippen molar-refractivity contribution in [2.75, 3.05) is 0 Å². The molecule has 3 N–H and O–H groups in total. The summed E-state index contributed by atoms with van der Waals surface area (Å²) in [6.45, 7) is 0. The number of hydrogen-bond donors (Lipinski definition) is 2. The summed E-state index contributed by atoms with van der Waals surface area (Å²) in [6, 6.07) is 3.61. The first-order valence-corrected chi connectivity index (χ1v) is 3.74. The Morgan fingerprint density at radius 3 is 2.79 bits per heavy atom. The molecule has 0 spiro atoms. The lowest BCUT2D eigenvalue weighted by atomic mass is 10.0. The summed E-state index contributed by atoms with van der Waals surface area (Å²) in [5.41, 5.74) is 5.32. The van der Waals surface area contributed by atoms with Gasteiger partial charge < -0.3 is 10.8 Å². The van der Waals surface area contributed by atoms with Gasteiger partial charge >= 0.3 is 5.97 Å². The summed E-state index contributed by atoms with van der Waals surface area (Å²) in [6.07, 6.45) is 0. The second-order valence-corrected chi connectivity index (χ2v) is 2.66. The minimum Gasteiger partial charge on any atom is -0.480 e. The first kappa shape index (κ1) is 10.2. The first-order chi connectivity index (χ1) is 6.56. The van der Waals surface area contributed by atoms with E-state index in [2.05, 4.69) is 0 Å². The van der Waals surface area contributed by atoms with Crippen LogP contribution in [0.2, 0.25) is 0 Å². The third-order valence-corrected chi connectivity index (χ3v) is 1.74. The van der Waals surface area contributed by atoms with Crippen molar-refractivity contribution in [1.29, 1.82) is 5.26 Å². The SMILES string of the molecule is N#Cc1ccc(F)cc1[C@H](N)C(=O)O. The molecule has 0 heterocycles. The highest BCUT2D eigenvalue weighted by Crippen LogP contribution is 2.17. The zero-order valence-electron chi connectivity index (χ0n) is 7.07. The minimum absolute atomic E-state index is 0.0139. The van der Waals surface area contributed by atoms with Gasteiger partial charge in [-0.15, -0.1) is 0 Å². The number of halogens is 1. The van der Waals surface area contributed by atoms with E-state index in [1.807, 2.05) is 0 Å². The fourth-order valence-electron chi connectivity index (χ4n) is 1.03. The number of carboxylic acid groups (broad SMARTS) is 1. The normalized spacial score (nSPS) is 11.8. The molecular weight excluding hydrogens is 187 g/mol. The number of nitriles is 1. The Kier molecular flexibility index (Phi) is 2.79. The number of hydrogen-bond acceptors (Lipinski definition) is 3. The molecule has 0 aromatic heterocycles. The summed E-state index contributed by atoms with van der Waals surface area (Å²) < 4.78 is 12.7. The predicted molar refractivity (Wildman–Crippen MR) is 45.7 cm³/mol. The quantitative estimate of drug-likeness (QED) is 0.728. The third kappa shape index (κ3) is 1.87. The molecule has 0 fully saturated rings. The molecule has 0 saturated carbocycles. The smallest absolute Gasteiger partial charge is 0.325 e. The van der Waals surface area contributed by atoms with Crippen molar-refractivity contribution in [3.8, 4) is 6.07 Å². The molecule has 14 heavy (non-hydrogen) atoms. The maximum Gasteiger partial charge on any atom is 0.325 e. The molecule has 5 heteroatoms. The van der Waals surface area contributed by atoms with Crippen LogP contribution in [0, 0.1) is 17.1 Å². The van der Waals surface area contributed by atoms with E-state index in [0.29, 0.717) is 0 Å². The molecule has 0 bridgehead atoms. The second kappa shape index (κ2) is 3.85. The fraction of sp³-hybridized carbons (Fsp3) is 0.111. The molecule has 1 atom stereocenters. The highest BCUT2D eigenvalue weighted by atomic mass is 19.1. The van der Waals surface area contributed by atoms with Gasteiger partial charge in [-0.05, 0) is 18.2 Å². The summed E-state index contributed by atoms with van der Waals surface area (Å²) in [5, 5.41) is 17.2. The molecule has 0 aliphatic heterocycles.